The molecule has 0 aliphatic heterocycles. The molecule has 0 amide bonds. The van der Waals surface area contributed by atoms with Crippen molar-refractivity contribution in [1.29, 1.82) is 5.26 Å². The molecule has 1 aromatic carbocycles. The molecule has 0 radical (unpaired) electrons. The van der Waals surface area contributed by atoms with Gasteiger partial charge in [0.05, 0.1) is 11.0 Å². The smallest absolute Gasteiger partial charge is 0.272 e. The normalized spacial score (nSPS) is 22.2. The van der Waals surface area contributed by atoms with Crippen molar-refractivity contribution in [1.82, 2.24) is 0 Å². The van der Waals surface area contributed by atoms with E-state index in [9.17, 15) is 20.2 Å². The van der Waals surface area contributed by atoms with Crippen molar-refractivity contribution in [3.63, 3.8) is 0 Å². The van der Waals surface area contributed by atoms with Gasteiger partial charge in [-0.1, -0.05) is 11.6 Å². The first-order valence-electron chi connectivity index (χ1n) is 5.86. The van der Waals surface area contributed by atoms with Crippen LogP contribution >= 0.6 is 11.6 Å². The molecular weight excluding hydrogens is 268 g/mol. The van der Waals surface area contributed by atoms with E-state index in [4.69, 9.17) is 11.6 Å². The number of hydrogen-bond donors (Lipinski definition) is 0. The lowest BCUT2D eigenvalue weighted by Gasteiger charge is -2.18. The van der Waals surface area contributed by atoms with E-state index in [0.717, 1.165) is 0 Å². The SMILES string of the molecule is N#CC1(Cc2cc(Cl)ccc2[N+](=O)[O-])CCCC1=O. The Bertz CT molecular complexity index is 594. The van der Waals surface area contributed by atoms with E-state index in [0.29, 0.717) is 29.8 Å². The number of nitrogens with zero attached hydrogens (tertiary/aromatic N) is 2. The van der Waals surface area contributed by atoms with E-state index >= 15 is 0 Å². The number of carbonyl (C=O) groups is 1. The maximum Gasteiger partial charge on any atom is 0.272 e. The van der Waals surface area contributed by atoms with Gasteiger partial charge in [-0.15, -0.1) is 0 Å². The molecule has 5 nitrogen and oxygen atoms in total. The molecule has 98 valence electrons. The fourth-order valence-electron chi connectivity index (χ4n) is 2.47. The first-order valence-corrected chi connectivity index (χ1v) is 6.24. The summed E-state index contributed by atoms with van der Waals surface area (Å²) in [5.74, 6) is -0.135. The highest BCUT2D eigenvalue weighted by Crippen LogP contribution is 2.39. The summed E-state index contributed by atoms with van der Waals surface area (Å²) in [7, 11) is 0. The first-order chi connectivity index (χ1) is 8.98. The predicted octanol–water partition coefficient (Wildman–Crippen LogP) is 3.05. The lowest BCUT2D eigenvalue weighted by Crippen LogP contribution is -2.26. The van der Waals surface area contributed by atoms with Gasteiger partial charge in [0.15, 0.2) is 5.78 Å². The molecule has 6 heteroatoms. The highest BCUT2D eigenvalue weighted by Gasteiger charge is 2.43. The van der Waals surface area contributed by atoms with Crippen molar-refractivity contribution in [2.45, 2.75) is 25.7 Å². The molecule has 0 spiro atoms. The number of nitriles is 1. The Hall–Kier alpha value is -1.93. The zero-order valence-corrected chi connectivity index (χ0v) is 10.8. The maximum absolute atomic E-state index is 11.9. The minimum atomic E-state index is -1.13. The fraction of sp³-hybridized carbons (Fsp3) is 0.385. The van der Waals surface area contributed by atoms with Gasteiger partial charge in [0, 0.05) is 29.5 Å². The Morgan fingerprint density at radius 1 is 1.53 bits per heavy atom. The molecule has 1 atom stereocenters. The Labute approximate surface area is 114 Å². The lowest BCUT2D eigenvalue weighted by atomic mass is 9.80. The molecule has 1 aliphatic rings. The van der Waals surface area contributed by atoms with E-state index < -0.39 is 10.3 Å². The molecule has 0 saturated heterocycles. The van der Waals surface area contributed by atoms with Gasteiger partial charge < -0.3 is 0 Å². The molecule has 0 aromatic heterocycles. The molecule has 0 heterocycles. The minimum absolute atomic E-state index is 0.0548. The van der Waals surface area contributed by atoms with Crippen LogP contribution in [0.1, 0.15) is 24.8 Å². The predicted molar refractivity (Wildman–Crippen MR) is 68.7 cm³/mol. The number of nitro groups is 1. The summed E-state index contributed by atoms with van der Waals surface area (Å²) in [6.07, 6.45) is 1.52. The molecule has 0 bridgehead atoms. The largest absolute Gasteiger partial charge is 0.298 e. The number of Topliss-reactive ketones (excluding diaryl/α,β-unsaturated/α-hetero) is 1. The topological polar surface area (TPSA) is 84.0 Å². The van der Waals surface area contributed by atoms with Crippen LogP contribution in [0.15, 0.2) is 18.2 Å². The van der Waals surface area contributed by atoms with Crippen LogP contribution in [-0.4, -0.2) is 10.7 Å². The standard InChI is InChI=1S/C13H11ClN2O3/c14-10-3-4-11(16(18)19)9(6-10)7-13(8-15)5-1-2-12(13)17/h3-4,6H,1-2,5,7H2. The molecule has 1 aliphatic carbocycles. The molecule has 1 fully saturated rings. The Morgan fingerprint density at radius 3 is 2.79 bits per heavy atom. The second kappa shape index (κ2) is 4.98. The summed E-state index contributed by atoms with van der Waals surface area (Å²) in [4.78, 5) is 22.3. The number of carbonyl (C=O) groups excluding carboxylic acids is 1. The summed E-state index contributed by atoms with van der Waals surface area (Å²) in [5, 5.41) is 20.6. The highest BCUT2D eigenvalue weighted by molar-refractivity contribution is 6.30. The number of halogens is 1. The van der Waals surface area contributed by atoms with Crippen LogP contribution in [0.25, 0.3) is 0 Å². The van der Waals surface area contributed by atoms with Crippen LogP contribution in [0, 0.1) is 26.9 Å². The summed E-state index contributed by atoms with van der Waals surface area (Å²) >= 11 is 5.84. The third-order valence-electron chi connectivity index (χ3n) is 3.49. The van der Waals surface area contributed by atoms with Gasteiger partial charge in [-0.3, -0.25) is 14.9 Å². The summed E-state index contributed by atoms with van der Waals surface area (Å²) in [6, 6.07) is 6.25. The number of benzene rings is 1. The van der Waals surface area contributed by atoms with Gasteiger partial charge in [-0.25, -0.2) is 0 Å². The number of hydrogen-bond acceptors (Lipinski definition) is 4. The van der Waals surface area contributed by atoms with E-state index in [1.54, 1.807) is 0 Å². The van der Waals surface area contributed by atoms with Crippen LogP contribution in [-0.2, 0) is 11.2 Å². The Balaban J connectivity index is 2.43. The van der Waals surface area contributed by atoms with E-state index in [1.165, 1.54) is 18.2 Å². The highest BCUT2D eigenvalue weighted by atomic mass is 35.5. The van der Waals surface area contributed by atoms with Crippen LogP contribution < -0.4 is 0 Å². The van der Waals surface area contributed by atoms with Gasteiger partial charge in [-0.2, -0.15) is 5.26 Å². The van der Waals surface area contributed by atoms with Crippen molar-refractivity contribution in [2.75, 3.05) is 0 Å². The number of nitro benzene ring substituents is 1. The number of rotatable bonds is 3. The van der Waals surface area contributed by atoms with Gasteiger partial charge >= 0.3 is 0 Å². The van der Waals surface area contributed by atoms with Crippen LogP contribution in [0.2, 0.25) is 5.02 Å². The van der Waals surface area contributed by atoms with Gasteiger partial charge in [0.1, 0.15) is 5.41 Å². The fourth-order valence-corrected chi connectivity index (χ4v) is 2.67. The molecule has 19 heavy (non-hydrogen) atoms. The molecular formula is C13H11ClN2O3. The first kappa shape index (κ1) is 13.5. The molecule has 1 saturated carbocycles. The second-order valence-corrected chi connectivity index (χ2v) is 5.11. The average Bonchev–Trinajstić information content (AvgIpc) is 2.71. The third kappa shape index (κ3) is 2.45. The quantitative estimate of drug-likeness (QED) is 0.628. The van der Waals surface area contributed by atoms with Gasteiger partial charge in [-0.05, 0) is 25.0 Å². The van der Waals surface area contributed by atoms with Crippen molar-refractivity contribution < 1.29 is 9.72 Å². The summed E-state index contributed by atoms with van der Waals surface area (Å²) < 4.78 is 0. The van der Waals surface area contributed by atoms with Crippen molar-refractivity contribution in [3.8, 4) is 6.07 Å². The third-order valence-corrected chi connectivity index (χ3v) is 3.72. The summed E-state index contributed by atoms with van der Waals surface area (Å²) in [5.41, 5.74) is -0.886. The molecule has 1 aromatic rings. The van der Waals surface area contributed by atoms with Crippen LogP contribution in [0.4, 0.5) is 5.69 Å². The minimum Gasteiger partial charge on any atom is -0.298 e. The van der Waals surface area contributed by atoms with Gasteiger partial charge in [0.25, 0.3) is 5.69 Å². The van der Waals surface area contributed by atoms with Crippen molar-refractivity contribution >= 4 is 23.1 Å². The monoisotopic (exact) mass is 278 g/mol. The van der Waals surface area contributed by atoms with E-state index in [2.05, 4.69) is 0 Å². The number of ketones is 1. The Morgan fingerprint density at radius 2 is 2.26 bits per heavy atom. The van der Waals surface area contributed by atoms with Crippen LogP contribution in [0.5, 0.6) is 0 Å². The Kier molecular flexibility index (Phi) is 3.54. The maximum atomic E-state index is 11.9. The molecule has 0 N–H and O–H groups in total. The summed E-state index contributed by atoms with van der Waals surface area (Å²) in [6.45, 7) is 0. The second-order valence-electron chi connectivity index (χ2n) is 4.68. The molecule has 2 rings (SSSR count). The average molecular weight is 279 g/mol. The van der Waals surface area contributed by atoms with Crippen LogP contribution in [0.3, 0.4) is 0 Å². The van der Waals surface area contributed by atoms with Crippen molar-refractivity contribution in [3.05, 3.63) is 38.9 Å². The zero-order valence-electron chi connectivity index (χ0n) is 10.1. The molecule has 1 unspecified atom stereocenters. The van der Waals surface area contributed by atoms with Gasteiger partial charge in [0.2, 0.25) is 0 Å². The van der Waals surface area contributed by atoms with Crippen molar-refractivity contribution in [2.24, 2.45) is 5.41 Å². The zero-order chi connectivity index (χ0) is 14.0. The lowest BCUT2D eigenvalue weighted by molar-refractivity contribution is -0.385. The van der Waals surface area contributed by atoms with E-state index in [1.807, 2.05) is 6.07 Å². The van der Waals surface area contributed by atoms with E-state index in [-0.39, 0.29) is 17.9 Å².